The minimum atomic E-state index is -0.709. The van der Waals surface area contributed by atoms with E-state index in [1.165, 1.54) is 43.9 Å². The maximum Gasteiger partial charge on any atom is 0.330 e. The van der Waals surface area contributed by atoms with Crippen LogP contribution in [0.5, 0.6) is 5.75 Å². The highest BCUT2D eigenvalue weighted by atomic mass is 32.2. The zero-order valence-electron chi connectivity index (χ0n) is 15.8. The summed E-state index contributed by atoms with van der Waals surface area (Å²) in [5, 5.41) is -0.361. The third-order valence-electron chi connectivity index (χ3n) is 4.48. The first-order valence-corrected chi connectivity index (χ1v) is 9.75. The molecule has 1 aromatic carbocycles. The molecule has 1 aliphatic rings. The second kappa shape index (κ2) is 8.52. The van der Waals surface area contributed by atoms with Crippen LogP contribution in [0.4, 0.5) is 0 Å². The predicted octanol–water partition coefficient (Wildman–Crippen LogP) is 3.20. The molecule has 0 saturated carbocycles. The number of benzene rings is 1. The molecule has 1 aromatic heterocycles. The van der Waals surface area contributed by atoms with Crippen molar-refractivity contribution in [1.29, 1.82) is 0 Å². The number of hydrogen-bond donors (Lipinski definition) is 0. The van der Waals surface area contributed by atoms with Gasteiger partial charge in [-0.3, -0.25) is 9.59 Å². The molecule has 0 N–H and O–H groups in total. The molecule has 0 unspecified atom stereocenters. The van der Waals surface area contributed by atoms with Crippen LogP contribution in [-0.4, -0.2) is 41.5 Å². The third-order valence-corrected chi connectivity index (χ3v) is 5.76. The number of Topliss-reactive ketones (excluding diaryl/α,β-unsaturated/α-hetero) is 1. The van der Waals surface area contributed by atoms with Gasteiger partial charge in [-0.05, 0) is 37.3 Å². The monoisotopic (exact) mass is 403 g/mol. The molecule has 2 heterocycles. The van der Waals surface area contributed by atoms with Crippen molar-refractivity contribution in [2.75, 3.05) is 12.9 Å². The maximum absolute atomic E-state index is 12.7. The van der Waals surface area contributed by atoms with Crippen LogP contribution in [0.15, 0.2) is 41.0 Å². The van der Waals surface area contributed by atoms with Crippen molar-refractivity contribution in [1.82, 2.24) is 4.90 Å². The summed E-state index contributed by atoms with van der Waals surface area (Å²) >= 11 is 1.45. The minimum absolute atomic E-state index is 0.0541. The number of amides is 1. The Hall–Kier alpha value is -2.74. The molecule has 1 saturated heterocycles. The van der Waals surface area contributed by atoms with E-state index in [4.69, 9.17) is 13.9 Å². The summed E-state index contributed by atoms with van der Waals surface area (Å²) in [4.78, 5) is 38.0. The van der Waals surface area contributed by atoms with Gasteiger partial charge >= 0.3 is 5.97 Å². The molecule has 0 radical (unpaired) electrons. The molecule has 8 heteroatoms. The van der Waals surface area contributed by atoms with Gasteiger partial charge in [0.15, 0.2) is 5.78 Å². The van der Waals surface area contributed by atoms with Crippen LogP contribution in [0, 0.1) is 0 Å². The van der Waals surface area contributed by atoms with Crippen LogP contribution in [0.1, 0.15) is 40.9 Å². The van der Waals surface area contributed by atoms with Crippen LogP contribution >= 0.6 is 11.8 Å². The first-order chi connectivity index (χ1) is 13.4. The highest BCUT2D eigenvalue weighted by Crippen LogP contribution is 2.42. The molecule has 2 atom stereocenters. The van der Waals surface area contributed by atoms with E-state index >= 15 is 0 Å². The highest BCUT2D eigenvalue weighted by molar-refractivity contribution is 7.99. The Morgan fingerprint density at radius 3 is 2.64 bits per heavy atom. The van der Waals surface area contributed by atoms with Gasteiger partial charge in [-0.1, -0.05) is 0 Å². The van der Waals surface area contributed by atoms with Crippen molar-refractivity contribution >= 4 is 29.4 Å². The van der Waals surface area contributed by atoms with Crippen molar-refractivity contribution in [2.45, 2.75) is 31.9 Å². The van der Waals surface area contributed by atoms with Gasteiger partial charge in [0.1, 0.15) is 29.5 Å². The Bertz CT molecular complexity index is 879. The van der Waals surface area contributed by atoms with Crippen molar-refractivity contribution in [2.24, 2.45) is 0 Å². The first kappa shape index (κ1) is 20.0. The Labute approximate surface area is 167 Å². The highest BCUT2D eigenvalue weighted by Gasteiger charge is 2.43. The summed E-state index contributed by atoms with van der Waals surface area (Å²) in [5.41, 5.74) is 1.10. The molecule has 0 bridgehead atoms. The van der Waals surface area contributed by atoms with Crippen LogP contribution in [-0.2, 0) is 20.9 Å². The van der Waals surface area contributed by atoms with E-state index in [0.717, 1.165) is 0 Å². The Kier molecular flexibility index (Phi) is 6.08. The second-order valence-electron chi connectivity index (χ2n) is 6.33. The normalized spacial score (nSPS) is 18.8. The van der Waals surface area contributed by atoms with Gasteiger partial charge in [-0.2, -0.15) is 0 Å². The fraction of sp³-hybridized carbons (Fsp3) is 0.350. The van der Waals surface area contributed by atoms with Crippen LogP contribution in [0.25, 0.3) is 0 Å². The van der Waals surface area contributed by atoms with Crippen molar-refractivity contribution in [3.05, 3.63) is 53.5 Å². The van der Waals surface area contributed by atoms with Crippen LogP contribution in [0.2, 0.25) is 0 Å². The zero-order chi connectivity index (χ0) is 20.3. The standard InChI is InChI=1S/C20H21NO6S/c1-12(22)14-6-7-17(25-3)15(9-14)10-27-20(24)16-11-28-19(21(16)13(2)23)18-5-4-8-26-18/h4-9,16,19H,10-11H2,1-3H3/t16-,19-/m1/s1. The second-order valence-corrected chi connectivity index (χ2v) is 7.45. The smallest absolute Gasteiger partial charge is 0.330 e. The molecule has 0 spiro atoms. The van der Waals surface area contributed by atoms with Gasteiger partial charge in [0, 0.05) is 23.8 Å². The fourth-order valence-corrected chi connectivity index (χ4v) is 4.49. The quantitative estimate of drug-likeness (QED) is 0.541. The largest absolute Gasteiger partial charge is 0.496 e. The van der Waals surface area contributed by atoms with E-state index < -0.39 is 12.0 Å². The number of rotatable bonds is 6. The molecule has 1 amide bonds. The summed E-state index contributed by atoms with van der Waals surface area (Å²) in [5.74, 6) is 0.721. The molecule has 28 heavy (non-hydrogen) atoms. The number of carbonyl (C=O) groups excluding carboxylic acids is 3. The van der Waals surface area contributed by atoms with E-state index in [0.29, 0.717) is 28.4 Å². The number of methoxy groups -OCH3 is 1. The molecule has 148 valence electrons. The Balaban J connectivity index is 1.73. The third kappa shape index (κ3) is 4.06. The lowest BCUT2D eigenvalue weighted by molar-refractivity contribution is -0.154. The molecule has 2 aromatic rings. The first-order valence-electron chi connectivity index (χ1n) is 8.70. The topological polar surface area (TPSA) is 86.1 Å². The summed E-state index contributed by atoms with van der Waals surface area (Å²) < 4.78 is 16.2. The van der Waals surface area contributed by atoms with Gasteiger partial charge in [-0.25, -0.2) is 4.79 Å². The number of carbonyl (C=O) groups is 3. The number of ketones is 1. The number of esters is 1. The lowest BCUT2D eigenvalue weighted by Crippen LogP contribution is -2.42. The van der Waals surface area contributed by atoms with Crippen molar-refractivity contribution in [3.8, 4) is 5.75 Å². The summed E-state index contributed by atoms with van der Waals surface area (Å²) in [6.07, 6.45) is 1.54. The molecule has 1 aliphatic heterocycles. The minimum Gasteiger partial charge on any atom is -0.496 e. The molecule has 0 aliphatic carbocycles. The van der Waals surface area contributed by atoms with Crippen LogP contribution in [0.3, 0.4) is 0 Å². The van der Waals surface area contributed by atoms with Gasteiger partial charge in [0.05, 0.1) is 13.4 Å². The average Bonchev–Trinajstić information content (AvgIpc) is 3.34. The lowest BCUT2D eigenvalue weighted by atomic mass is 10.1. The number of thioether (sulfide) groups is 1. The zero-order valence-corrected chi connectivity index (χ0v) is 16.7. The molecular formula is C20H21NO6S. The Morgan fingerprint density at radius 1 is 1.25 bits per heavy atom. The van der Waals surface area contributed by atoms with Crippen molar-refractivity contribution in [3.63, 3.8) is 0 Å². The fourth-order valence-electron chi connectivity index (χ4n) is 3.08. The Morgan fingerprint density at radius 2 is 2.04 bits per heavy atom. The van der Waals surface area contributed by atoms with E-state index in [9.17, 15) is 14.4 Å². The van der Waals surface area contributed by atoms with Crippen molar-refractivity contribution < 1.29 is 28.3 Å². The molecule has 1 fully saturated rings. The van der Waals surface area contributed by atoms with E-state index in [1.807, 2.05) is 0 Å². The van der Waals surface area contributed by atoms with Gasteiger partial charge in [0.2, 0.25) is 5.91 Å². The van der Waals surface area contributed by atoms with Gasteiger partial charge in [-0.15, -0.1) is 11.8 Å². The number of furan rings is 1. The van der Waals surface area contributed by atoms with Gasteiger partial charge in [0.25, 0.3) is 0 Å². The SMILES string of the molecule is COc1ccc(C(C)=O)cc1COC(=O)[C@H]1CS[C@H](c2ccco2)N1C(C)=O. The molecular weight excluding hydrogens is 382 g/mol. The summed E-state index contributed by atoms with van der Waals surface area (Å²) in [6.45, 7) is 2.83. The number of nitrogens with zero attached hydrogens (tertiary/aromatic N) is 1. The van der Waals surface area contributed by atoms with E-state index in [-0.39, 0.29) is 23.7 Å². The van der Waals surface area contributed by atoms with Crippen LogP contribution < -0.4 is 4.74 Å². The number of ether oxygens (including phenoxy) is 2. The average molecular weight is 403 g/mol. The molecule has 7 nitrogen and oxygen atoms in total. The predicted molar refractivity (Wildman–Crippen MR) is 103 cm³/mol. The molecule has 3 rings (SSSR count). The number of hydrogen-bond acceptors (Lipinski definition) is 7. The maximum atomic E-state index is 12.7. The van der Waals surface area contributed by atoms with E-state index in [1.54, 1.807) is 30.3 Å². The van der Waals surface area contributed by atoms with Gasteiger partial charge < -0.3 is 18.8 Å². The summed E-state index contributed by atoms with van der Waals surface area (Å²) in [7, 11) is 1.51. The summed E-state index contributed by atoms with van der Waals surface area (Å²) in [6, 6.07) is 7.78. The van der Waals surface area contributed by atoms with E-state index in [2.05, 4.69) is 0 Å². The lowest BCUT2D eigenvalue weighted by Gasteiger charge is -2.26.